The van der Waals surface area contributed by atoms with Crippen LogP contribution in [-0.4, -0.2) is 34.8 Å². The molecule has 2 heterocycles. The summed E-state index contributed by atoms with van der Waals surface area (Å²) in [6.45, 7) is 1.87. The van der Waals surface area contributed by atoms with Crippen LogP contribution in [0.25, 0.3) is 11.1 Å². The van der Waals surface area contributed by atoms with Gasteiger partial charge in [0.1, 0.15) is 11.2 Å². The number of thioether (sulfide) groups is 1. The molecule has 6 nitrogen and oxygen atoms in total. The number of methoxy groups -OCH3 is 1. The first-order valence-corrected chi connectivity index (χ1v) is 11.0. The maximum atomic E-state index is 13.5. The lowest BCUT2D eigenvalue weighted by Crippen LogP contribution is -2.31. The number of halogens is 1. The van der Waals surface area contributed by atoms with Gasteiger partial charge in [0.2, 0.25) is 5.91 Å². The Morgan fingerprint density at radius 2 is 2.06 bits per heavy atom. The van der Waals surface area contributed by atoms with Gasteiger partial charge in [-0.3, -0.25) is 14.7 Å². The van der Waals surface area contributed by atoms with Gasteiger partial charge in [-0.15, -0.1) is 11.8 Å². The minimum atomic E-state index is -1.14. The molecule has 1 atom stereocenters. The van der Waals surface area contributed by atoms with Crippen molar-refractivity contribution in [2.24, 2.45) is 0 Å². The number of carboxylic acids is 1. The number of rotatable bonds is 6. The zero-order chi connectivity index (χ0) is 22.8. The highest BCUT2D eigenvalue weighted by Gasteiger charge is 2.38. The highest BCUT2D eigenvalue weighted by molar-refractivity contribution is 8.00. The number of carbonyl (C=O) groups excluding carboxylic acids is 1. The molecule has 0 radical (unpaired) electrons. The molecule has 1 aliphatic rings. The number of amides is 1. The lowest BCUT2D eigenvalue weighted by Gasteiger charge is -2.29. The second-order valence-electron chi connectivity index (χ2n) is 7.39. The first-order chi connectivity index (χ1) is 15.4. The van der Waals surface area contributed by atoms with E-state index in [4.69, 9.17) is 4.74 Å². The second kappa shape index (κ2) is 9.10. The summed E-state index contributed by atoms with van der Waals surface area (Å²) in [5, 5.41) is 9.66. The standard InChI is InChI=1S/C24H21FN2O4S/c1-14-19(16-4-3-9-26-11-16)10-17(12-31-2)21(24(29)30)22(14)27-20(28)13-32-23(27)15-5-7-18(25)8-6-15/h3-11,23H,12-13H2,1-2H3,(H,29,30). The van der Waals surface area contributed by atoms with Gasteiger partial charge < -0.3 is 9.84 Å². The maximum Gasteiger partial charge on any atom is 0.338 e. The number of benzene rings is 2. The van der Waals surface area contributed by atoms with Gasteiger partial charge in [-0.1, -0.05) is 18.2 Å². The molecule has 1 unspecified atom stereocenters. The molecule has 4 rings (SSSR count). The molecule has 164 valence electrons. The van der Waals surface area contributed by atoms with Crippen LogP contribution in [0.3, 0.4) is 0 Å². The highest BCUT2D eigenvalue weighted by Crippen LogP contribution is 2.46. The first-order valence-electron chi connectivity index (χ1n) is 9.90. The van der Waals surface area contributed by atoms with E-state index in [1.165, 1.54) is 35.9 Å². The topological polar surface area (TPSA) is 79.7 Å². The number of anilines is 1. The summed E-state index contributed by atoms with van der Waals surface area (Å²) in [6.07, 6.45) is 3.35. The number of ether oxygens (including phenoxy) is 1. The van der Waals surface area contributed by atoms with E-state index >= 15 is 0 Å². The highest BCUT2D eigenvalue weighted by atomic mass is 32.2. The molecule has 1 N–H and O–H groups in total. The fraction of sp³-hybridized carbons (Fsp3) is 0.208. The van der Waals surface area contributed by atoms with Crippen molar-refractivity contribution < 1.29 is 23.8 Å². The Kier molecular flexibility index (Phi) is 6.25. The summed E-state index contributed by atoms with van der Waals surface area (Å²) >= 11 is 1.38. The average Bonchev–Trinajstić information content (AvgIpc) is 3.16. The summed E-state index contributed by atoms with van der Waals surface area (Å²) in [7, 11) is 1.49. The smallest absolute Gasteiger partial charge is 0.338 e. The van der Waals surface area contributed by atoms with Gasteiger partial charge in [-0.05, 0) is 53.4 Å². The molecular formula is C24H21FN2O4S. The number of pyridine rings is 1. The van der Waals surface area contributed by atoms with Gasteiger partial charge in [0.05, 0.1) is 23.6 Å². The predicted molar refractivity (Wildman–Crippen MR) is 121 cm³/mol. The van der Waals surface area contributed by atoms with Crippen LogP contribution >= 0.6 is 11.8 Å². The van der Waals surface area contributed by atoms with Crippen molar-refractivity contribution in [3.63, 3.8) is 0 Å². The zero-order valence-electron chi connectivity index (χ0n) is 17.5. The number of carbonyl (C=O) groups is 2. The van der Waals surface area contributed by atoms with Crippen molar-refractivity contribution in [3.8, 4) is 11.1 Å². The van der Waals surface area contributed by atoms with Gasteiger partial charge >= 0.3 is 5.97 Å². The van der Waals surface area contributed by atoms with Gasteiger partial charge in [0.15, 0.2) is 0 Å². The van der Waals surface area contributed by atoms with Crippen molar-refractivity contribution in [1.29, 1.82) is 0 Å². The molecule has 8 heteroatoms. The quantitative estimate of drug-likeness (QED) is 0.578. The molecule has 2 aromatic carbocycles. The second-order valence-corrected chi connectivity index (χ2v) is 8.46. The Labute approximate surface area is 189 Å². The van der Waals surface area contributed by atoms with E-state index < -0.39 is 11.3 Å². The lowest BCUT2D eigenvalue weighted by atomic mass is 9.92. The van der Waals surface area contributed by atoms with Crippen molar-refractivity contribution in [2.75, 3.05) is 17.8 Å². The molecule has 32 heavy (non-hydrogen) atoms. The monoisotopic (exact) mass is 452 g/mol. The lowest BCUT2D eigenvalue weighted by molar-refractivity contribution is -0.115. The van der Waals surface area contributed by atoms with Gasteiger partial charge in [0, 0.05) is 25.1 Å². The van der Waals surface area contributed by atoms with Crippen molar-refractivity contribution in [3.05, 3.63) is 82.9 Å². The summed E-state index contributed by atoms with van der Waals surface area (Å²) in [4.78, 5) is 31.2. The number of aromatic nitrogens is 1. The minimum absolute atomic E-state index is 0.0277. The predicted octanol–water partition coefficient (Wildman–Crippen LogP) is 4.82. The molecule has 1 aromatic heterocycles. The van der Waals surface area contributed by atoms with E-state index in [-0.39, 0.29) is 29.6 Å². The Morgan fingerprint density at radius 3 is 2.69 bits per heavy atom. The molecule has 0 aliphatic carbocycles. The minimum Gasteiger partial charge on any atom is -0.478 e. The van der Waals surface area contributed by atoms with Crippen molar-refractivity contribution in [2.45, 2.75) is 18.9 Å². The fourth-order valence-electron chi connectivity index (χ4n) is 3.99. The van der Waals surface area contributed by atoms with Gasteiger partial charge in [0.25, 0.3) is 0 Å². The summed E-state index contributed by atoms with van der Waals surface area (Å²) in [6, 6.07) is 11.4. The molecule has 0 bridgehead atoms. The fourth-order valence-corrected chi connectivity index (χ4v) is 5.15. The third kappa shape index (κ3) is 3.99. The number of nitrogens with zero attached hydrogens (tertiary/aromatic N) is 2. The Morgan fingerprint density at radius 1 is 1.31 bits per heavy atom. The van der Waals surface area contributed by atoms with Crippen LogP contribution < -0.4 is 4.90 Å². The van der Waals surface area contributed by atoms with Gasteiger partial charge in [-0.25, -0.2) is 9.18 Å². The van der Waals surface area contributed by atoms with Crippen LogP contribution in [0, 0.1) is 12.7 Å². The number of carboxylic acid groups (broad SMARTS) is 1. The third-order valence-electron chi connectivity index (χ3n) is 5.39. The van der Waals surface area contributed by atoms with E-state index in [2.05, 4.69) is 4.98 Å². The summed E-state index contributed by atoms with van der Waals surface area (Å²) in [5.74, 6) is -1.54. The molecule has 0 spiro atoms. The first kappa shape index (κ1) is 22.0. The summed E-state index contributed by atoms with van der Waals surface area (Å²) in [5.41, 5.74) is 3.76. The number of hydrogen-bond acceptors (Lipinski definition) is 5. The SMILES string of the molecule is COCc1cc(-c2cccnc2)c(C)c(N2C(=O)CSC2c2ccc(F)cc2)c1C(=O)O. The third-order valence-corrected chi connectivity index (χ3v) is 6.60. The largest absolute Gasteiger partial charge is 0.478 e. The van der Waals surface area contributed by atoms with Crippen molar-refractivity contribution >= 4 is 29.3 Å². The Balaban J connectivity index is 1.98. The van der Waals surface area contributed by atoms with Crippen LogP contribution in [0.5, 0.6) is 0 Å². The van der Waals surface area contributed by atoms with E-state index in [1.807, 2.05) is 6.07 Å². The molecule has 1 aliphatic heterocycles. The molecule has 0 saturated carbocycles. The normalized spacial score (nSPS) is 15.9. The van der Waals surface area contributed by atoms with Crippen LogP contribution in [0.2, 0.25) is 0 Å². The molecule has 1 amide bonds. The average molecular weight is 453 g/mol. The number of aromatic carboxylic acids is 1. The van der Waals surface area contributed by atoms with Crippen LogP contribution in [-0.2, 0) is 16.1 Å². The van der Waals surface area contributed by atoms with Gasteiger partial charge in [-0.2, -0.15) is 0 Å². The van der Waals surface area contributed by atoms with Crippen LogP contribution in [0.1, 0.15) is 32.4 Å². The van der Waals surface area contributed by atoms with E-state index in [0.717, 1.165) is 16.7 Å². The molecule has 1 saturated heterocycles. The number of hydrogen-bond donors (Lipinski definition) is 1. The molecule has 1 fully saturated rings. The van der Waals surface area contributed by atoms with Crippen LogP contribution in [0.15, 0.2) is 54.9 Å². The maximum absolute atomic E-state index is 13.5. The zero-order valence-corrected chi connectivity index (χ0v) is 18.4. The molecule has 3 aromatic rings. The van der Waals surface area contributed by atoms with E-state index in [9.17, 15) is 19.1 Å². The van der Waals surface area contributed by atoms with Crippen LogP contribution in [0.4, 0.5) is 10.1 Å². The van der Waals surface area contributed by atoms with Crippen molar-refractivity contribution in [1.82, 2.24) is 4.98 Å². The Bertz CT molecular complexity index is 1170. The Hall–Kier alpha value is -3.23. The summed E-state index contributed by atoms with van der Waals surface area (Å²) < 4.78 is 18.8. The molecular weight excluding hydrogens is 431 g/mol. The van der Waals surface area contributed by atoms with E-state index in [0.29, 0.717) is 16.8 Å². The van der Waals surface area contributed by atoms with E-state index in [1.54, 1.807) is 43.6 Å².